The molecule has 0 aliphatic rings. The summed E-state index contributed by atoms with van der Waals surface area (Å²) in [5, 5.41) is 2.52. The fourth-order valence-electron chi connectivity index (χ4n) is 1.11. The number of hydrogen-bond donors (Lipinski definition) is 1. The zero-order valence-corrected chi connectivity index (χ0v) is 10.2. The van der Waals surface area contributed by atoms with Gasteiger partial charge in [-0.3, -0.25) is 4.79 Å². The number of anilines is 1. The van der Waals surface area contributed by atoms with Gasteiger partial charge in [-0.05, 0) is 6.07 Å². The summed E-state index contributed by atoms with van der Waals surface area (Å²) in [7, 11) is 1.47. The number of pyridine rings is 1. The fourth-order valence-corrected chi connectivity index (χ4v) is 1.11. The van der Waals surface area contributed by atoms with Crippen LogP contribution < -0.4 is 10.1 Å². The molecule has 8 heteroatoms. The third-order valence-electron chi connectivity index (χ3n) is 1.94. The Balaban J connectivity index is 2.45. The summed E-state index contributed by atoms with van der Waals surface area (Å²) >= 11 is 0. The molecule has 1 heterocycles. The molecule has 0 aliphatic carbocycles. The van der Waals surface area contributed by atoms with Crippen molar-refractivity contribution in [3.05, 3.63) is 18.3 Å². The molecular weight excluding hydrogens is 265 g/mol. The van der Waals surface area contributed by atoms with E-state index in [1.165, 1.54) is 25.4 Å². The average molecular weight is 278 g/mol. The fraction of sp³-hybridized carbons (Fsp3) is 0.455. The van der Waals surface area contributed by atoms with Gasteiger partial charge in [-0.2, -0.15) is 13.2 Å². The van der Waals surface area contributed by atoms with E-state index >= 15 is 0 Å². The number of carbonyl (C=O) groups is 1. The van der Waals surface area contributed by atoms with E-state index in [0.29, 0.717) is 5.69 Å². The molecule has 5 nitrogen and oxygen atoms in total. The second-order valence-corrected chi connectivity index (χ2v) is 3.58. The first-order chi connectivity index (χ1) is 8.90. The molecule has 1 aromatic heterocycles. The van der Waals surface area contributed by atoms with Gasteiger partial charge in [-0.15, -0.1) is 0 Å². The molecule has 0 unspecified atom stereocenters. The van der Waals surface area contributed by atoms with Crippen LogP contribution in [0.1, 0.15) is 6.42 Å². The number of amides is 1. The number of nitrogens with zero attached hydrogens (tertiary/aromatic N) is 1. The molecule has 0 saturated heterocycles. The number of halogens is 3. The number of rotatable bonds is 6. The van der Waals surface area contributed by atoms with E-state index in [2.05, 4.69) is 15.0 Å². The Kier molecular flexibility index (Phi) is 5.56. The Morgan fingerprint density at radius 1 is 1.42 bits per heavy atom. The minimum Gasteiger partial charge on any atom is -0.468 e. The highest BCUT2D eigenvalue weighted by Crippen LogP contribution is 2.18. The Morgan fingerprint density at radius 2 is 2.16 bits per heavy atom. The molecular formula is C11H13F3N2O3. The third kappa shape index (κ3) is 6.61. The van der Waals surface area contributed by atoms with Crippen molar-refractivity contribution in [3.8, 4) is 5.88 Å². The van der Waals surface area contributed by atoms with Gasteiger partial charge < -0.3 is 14.8 Å². The molecule has 0 spiro atoms. The topological polar surface area (TPSA) is 60.5 Å². The molecule has 1 rings (SSSR count). The van der Waals surface area contributed by atoms with Gasteiger partial charge in [0, 0.05) is 13.2 Å². The molecule has 0 fully saturated rings. The Morgan fingerprint density at radius 3 is 2.68 bits per heavy atom. The van der Waals surface area contributed by atoms with Crippen molar-refractivity contribution >= 4 is 11.6 Å². The number of methoxy groups -OCH3 is 1. The molecule has 0 aromatic carbocycles. The Bertz CT molecular complexity index is 407. The van der Waals surface area contributed by atoms with Crippen LogP contribution in [-0.4, -0.2) is 37.4 Å². The largest absolute Gasteiger partial charge is 0.468 e. The first-order valence-corrected chi connectivity index (χ1v) is 5.35. The number of hydrogen-bond acceptors (Lipinski definition) is 4. The Hall–Kier alpha value is -1.83. The quantitative estimate of drug-likeness (QED) is 0.864. The van der Waals surface area contributed by atoms with Gasteiger partial charge in [0.25, 0.3) is 0 Å². The van der Waals surface area contributed by atoms with E-state index < -0.39 is 12.8 Å². The van der Waals surface area contributed by atoms with Crippen LogP contribution in [0.3, 0.4) is 0 Å². The summed E-state index contributed by atoms with van der Waals surface area (Å²) in [6.45, 7) is -1.12. The summed E-state index contributed by atoms with van der Waals surface area (Å²) in [5.74, 6) is -0.431. The zero-order valence-electron chi connectivity index (χ0n) is 10.2. The molecule has 0 bridgehead atoms. The van der Waals surface area contributed by atoms with Crippen LogP contribution in [0.15, 0.2) is 18.3 Å². The minimum absolute atomic E-state index is 0.160. The van der Waals surface area contributed by atoms with Crippen molar-refractivity contribution in [2.45, 2.75) is 12.6 Å². The number of ether oxygens (including phenoxy) is 2. The molecule has 0 aliphatic heterocycles. The second-order valence-electron chi connectivity index (χ2n) is 3.58. The molecule has 0 atom stereocenters. The van der Waals surface area contributed by atoms with Gasteiger partial charge in [0.2, 0.25) is 11.8 Å². The molecule has 1 amide bonds. The summed E-state index contributed by atoms with van der Waals surface area (Å²) in [6.07, 6.45) is -3.01. The molecule has 0 saturated carbocycles. The van der Waals surface area contributed by atoms with Gasteiger partial charge in [0.1, 0.15) is 0 Å². The number of alkyl halides is 3. The summed E-state index contributed by atoms with van der Waals surface area (Å²) in [6, 6.07) is 2.65. The second kappa shape index (κ2) is 6.93. The molecule has 106 valence electrons. The number of nitrogens with one attached hydrogen (secondary N) is 1. The van der Waals surface area contributed by atoms with Crippen LogP contribution in [-0.2, 0) is 9.53 Å². The standard InChI is InChI=1S/C11H13F3N2O3/c1-18-5-4-9(17)16-8-2-3-10(15-6-8)19-7-11(12,13)14/h2-3,6H,4-5,7H2,1H3,(H,16,17). The normalized spacial score (nSPS) is 11.2. The number of carbonyl (C=O) groups excluding carboxylic acids is 1. The van der Waals surface area contributed by atoms with Crippen LogP contribution in [0.4, 0.5) is 18.9 Å². The molecule has 0 radical (unpaired) electrons. The molecule has 1 N–H and O–H groups in total. The van der Waals surface area contributed by atoms with Crippen LogP contribution in [0.5, 0.6) is 5.88 Å². The maximum absolute atomic E-state index is 11.9. The van der Waals surface area contributed by atoms with Crippen LogP contribution in [0, 0.1) is 0 Å². The lowest BCUT2D eigenvalue weighted by atomic mass is 10.3. The van der Waals surface area contributed by atoms with Crippen molar-refractivity contribution in [2.75, 3.05) is 25.6 Å². The van der Waals surface area contributed by atoms with Crippen molar-refractivity contribution in [1.82, 2.24) is 4.98 Å². The molecule has 1 aromatic rings. The van der Waals surface area contributed by atoms with E-state index in [9.17, 15) is 18.0 Å². The first-order valence-electron chi connectivity index (χ1n) is 5.35. The summed E-state index contributed by atoms with van der Waals surface area (Å²) < 4.78 is 44.8. The SMILES string of the molecule is COCCC(=O)Nc1ccc(OCC(F)(F)F)nc1. The van der Waals surface area contributed by atoms with E-state index in [0.717, 1.165) is 0 Å². The van der Waals surface area contributed by atoms with Crippen molar-refractivity contribution in [2.24, 2.45) is 0 Å². The zero-order chi connectivity index (χ0) is 14.3. The highest BCUT2D eigenvalue weighted by atomic mass is 19.4. The van der Waals surface area contributed by atoms with Crippen LogP contribution >= 0.6 is 0 Å². The van der Waals surface area contributed by atoms with Gasteiger partial charge >= 0.3 is 6.18 Å². The van der Waals surface area contributed by atoms with E-state index in [4.69, 9.17) is 4.74 Å². The Labute approximate surface area is 107 Å². The van der Waals surface area contributed by atoms with Crippen LogP contribution in [0.2, 0.25) is 0 Å². The lowest BCUT2D eigenvalue weighted by molar-refractivity contribution is -0.154. The van der Waals surface area contributed by atoms with Gasteiger partial charge in [0.05, 0.1) is 24.9 Å². The van der Waals surface area contributed by atoms with E-state index in [1.807, 2.05) is 0 Å². The monoisotopic (exact) mass is 278 g/mol. The first kappa shape index (κ1) is 15.2. The molecule has 19 heavy (non-hydrogen) atoms. The predicted octanol–water partition coefficient (Wildman–Crippen LogP) is 2.00. The smallest absolute Gasteiger partial charge is 0.422 e. The van der Waals surface area contributed by atoms with Gasteiger partial charge in [-0.1, -0.05) is 0 Å². The number of aromatic nitrogens is 1. The van der Waals surface area contributed by atoms with E-state index in [1.54, 1.807) is 0 Å². The highest BCUT2D eigenvalue weighted by molar-refractivity contribution is 5.90. The van der Waals surface area contributed by atoms with E-state index in [-0.39, 0.29) is 24.8 Å². The van der Waals surface area contributed by atoms with Crippen molar-refractivity contribution < 1.29 is 27.4 Å². The lowest BCUT2D eigenvalue weighted by Gasteiger charge is -2.09. The predicted molar refractivity (Wildman–Crippen MR) is 60.9 cm³/mol. The van der Waals surface area contributed by atoms with Crippen LogP contribution in [0.25, 0.3) is 0 Å². The van der Waals surface area contributed by atoms with Gasteiger partial charge in [-0.25, -0.2) is 4.98 Å². The van der Waals surface area contributed by atoms with Crippen molar-refractivity contribution in [1.29, 1.82) is 0 Å². The third-order valence-corrected chi connectivity index (χ3v) is 1.94. The van der Waals surface area contributed by atoms with Crippen molar-refractivity contribution in [3.63, 3.8) is 0 Å². The minimum atomic E-state index is -4.41. The summed E-state index contributed by atoms with van der Waals surface area (Å²) in [4.78, 5) is 15.0. The lowest BCUT2D eigenvalue weighted by Crippen LogP contribution is -2.19. The highest BCUT2D eigenvalue weighted by Gasteiger charge is 2.28. The van der Waals surface area contributed by atoms with Gasteiger partial charge in [0.15, 0.2) is 6.61 Å². The summed E-state index contributed by atoms with van der Waals surface area (Å²) in [5.41, 5.74) is 0.375. The maximum atomic E-state index is 11.9. The average Bonchev–Trinajstić information content (AvgIpc) is 2.34. The maximum Gasteiger partial charge on any atom is 0.422 e.